The van der Waals surface area contributed by atoms with E-state index in [2.05, 4.69) is 22.7 Å². The van der Waals surface area contributed by atoms with Crippen molar-refractivity contribution in [3.63, 3.8) is 0 Å². The topological polar surface area (TPSA) is 102 Å². The zero-order valence-corrected chi connectivity index (χ0v) is 17.4. The third kappa shape index (κ3) is 4.49. The molecule has 0 bridgehead atoms. The molecule has 3 aromatic rings. The van der Waals surface area contributed by atoms with Crippen molar-refractivity contribution in [3.8, 4) is 5.69 Å². The minimum atomic E-state index is -0.427. The monoisotopic (exact) mass is 419 g/mol. The summed E-state index contributed by atoms with van der Waals surface area (Å²) in [6, 6.07) is 14.1. The number of nitro benzene ring substituents is 1. The molecule has 0 aliphatic carbocycles. The van der Waals surface area contributed by atoms with E-state index in [1.807, 2.05) is 24.3 Å². The molecule has 31 heavy (non-hydrogen) atoms. The lowest BCUT2D eigenvalue weighted by Crippen LogP contribution is -2.29. The summed E-state index contributed by atoms with van der Waals surface area (Å²) in [6.07, 6.45) is 4.27. The summed E-state index contributed by atoms with van der Waals surface area (Å²) in [7, 11) is 0. The van der Waals surface area contributed by atoms with Gasteiger partial charge in [-0.05, 0) is 62.2 Å². The van der Waals surface area contributed by atoms with Crippen LogP contribution in [0.4, 0.5) is 11.4 Å². The number of carbonyl (C=O) groups is 1. The second kappa shape index (κ2) is 9.09. The average molecular weight is 419 g/mol. The number of non-ortho nitro benzene ring substituents is 1. The van der Waals surface area contributed by atoms with E-state index >= 15 is 0 Å². The van der Waals surface area contributed by atoms with Crippen molar-refractivity contribution in [1.29, 1.82) is 0 Å². The van der Waals surface area contributed by atoms with Crippen molar-refractivity contribution in [2.45, 2.75) is 32.1 Å². The third-order valence-electron chi connectivity index (χ3n) is 5.68. The molecule has 1 amide bonds. The SMILES string of the molecule is CCc1cccc(NC(=O)c2cnn(-c3ccc([N+](=O)[O-])cc3)c2C2CCNCC2)c1. The Morgan fingerprint density at radius 1 is 1.23 bits per heavy atom. The molecule has 1 aliphatic heterocycles. The Labute approximate surface area is 180 Å². The van der Waals surface area contributed by atoms with Gasteiger partial charge < -0.3 is 10.6 Å². The number of carbonyl (C=O) groups excluding carboxylic acids is 1. The van der Waals surface area contributed by atoms with Gasteiger partial charge in [0.15, 0.2) is 0 Å². The lowest BCUT2D eigenvalue weighted by Gasteiger charge is -2.24. The van der Waals surface area contributed by atoms with Crippen LogP contribution < -0.4 is 10.6 Å². The number of aromatic nitrogens is 2. The molecule has 4 rings (SSSR count). The molecule has 0 radical (unpaired) electrons. The van der Waals surface area contributed by atoms with Crippen molar-refractivity contribution in [2.75, 3.05) is 18.4 Å². The van der Waals surface area contributed by atoms with Crippen LogP contribution in [0.25, 0.3) is 5.69 Å². The van der Waals surface area contributed by atoms with Crippen LogP contribution in [-0.4, -0.2) is 33.7 Å². The third-order valence-corrected chi connectivity index (χ3v) is 5.68. The molecule has 0 saturated carbocycles. The number of nitro groups is 1. The number of piperidine rings is 1. The van der Waals surface area contributed by atoms with Gasteiger partial charge in [0.1, 0.15) is 0 Å². The van der Waals surface area contributed by atoms with Crippen LogP contribution in [-0.2, 0) is 6.42 Å². The second-order valence-electron chi connectivity index (χ2n) is 7.66. The lowest BCUT2D eigenvalue weighted by molar-refractivity contribution is -0.384. The maximum atomic E-state index is 13.2. The number of rotatable bonds is 6. The molecule has 0 spiro atoms. The van der Waals surface area contributed by atoms with Gasteiger partial charge in [0, 0.05) is 23.7 Å². The summed E-state index contributed by atoms with van der Waals surface area (Å²) in [5, 5.41) is 21.9. The van der Waals surface area contributed by atoms with E-state index < -0.39 is 4.92 Å². The Bertz CT molecular complexity index is 1080. The molecule has 160 valence electrons. The van der Waals surface area contributed by atoms with Gasteiger partial charge in [0.2, 0.25) is 0 Å². The van der Waals surface area contributed by atoms with E-state index in [1.54, 1.807) is 23.0 Å². The summed E-state index contributed by atoms with van der Waals surface area (Å²) >= 11 is 0. The number of amides is 1. The second-order valence-corrected chi connectivity index (χ2v) is 7.66. The zero-order chi connectivity index (χ0) is 21.8. The Morgan fingerprint density at radius 2 is 1.97 bits per heavy atom. The van der Waals surface area contributed by atoms with Gasteiger partial charge in [0.05, 0.1) is 28.1 Å². The summed E-state index contributed by atoms with van der Waals surface area (Å²) in [4.78, 5) is 23.8. The quantitative estimate of drug-likeness (QED) is 0.463. The van der Waals surface area contributed by atoms with Crippen LogP contribution in [0.2, 0.25) is 0 Å². The Hall–Kier alpha value is -3.52. The fourth-order valence-electron chi connectivity index (χ4n) is 4.01. The number of hydrogen-bond donors (Lipinski definition) is 2. The highest BCUT2D eigenvalue weighted by Crippen LogP contribution is 2.31. The molecule has 1 aliphatic rings. The summed E-state index contributed by atoms with van der Waals surface area (Å²) in [6.45, 7) is 3.82. The predicted octanol–water partition coefficient (Wildman–Crippen LogP) is 4.06. The fraction of sp³-hybridized carbons (Fsp3) is 0.304. The molecule has 1 saturated heterocycles. The minimum Gasteiger partial charge on any atom is -0.322 e. The number of nitrogens with one attached hydrogen (secondary N) is 2. The first-order valence-corrected chi connectivity index (χ1v) is 10.5. The van der Waals surface area contributed by atoms with E-state index in [9.17, 15) is 14.9 Å². The number of nitrogens with zero attached hydrogens (tertiary/aromatic N) is 3. The molecule has 2 aromatic carbocycles. The normalized spacial score (nSPS) is 14.4. The molecular weight excluding hydrogens is 394 g/mol. The van der Waals surface area contributed by atoms with Crippen LogP contribution in [0.3, 0.4) is 0 Å². The number of benzene rings is 2. The van der Waals surface area contributed by atoms with Gasteiger partial charge in [-0.15, -0.1) is 0 Å². The van der Waals surface area contributed by atoms with Crippen molar-refractivity contribution in [3.05, 3.63) is 81.7 Å². The molecule has 2 N–H and O–H groups in total. The molecular formula is C23H25N5O3. The van der Waals surface area contributed by atoms with Crippen molar-refractivity contribution >= 4 is 17.3 Å². The average Bonchev–Trinajstić information content (AvgIpc) is 3.25. The molecule has 1 fully saturated rings. The molecule has 2 heterocycles. The molecule has 0 atom stereocenters. The van der Waals surface area contributed by atoms with Crippen LogP contribution in [0.5, 0.6) is 0 Å². The molecule has 0 unspecified atom stereocenters. The molecule has 8 nitrogen and oxygen atoms in total. The van der Waals surface area contributed by atoms with Gasteiger partial charge in [-0.3, -0.25) is 14.9 Å². The Balaban J connectivity index is 1.70. The highest BCUT2D eigenvalue weighted by molar-refractivity contribution is 6.05. The molecule has 8 heteroatoms. The number of aryl methyl sites for hydroxylation is 1. The minimum absolute atomic E-state index is 0.0214. The summed E-state index contributed by atoms with van der Waals surface area (Å²) < 4.78 is 1.75. The van der Waals surface area contributed by atoms with Gasteiger partial charge >= 0.3 is 0 Å². The van der Waals surface area contributed by atoms with Crippen LogP contribution >= 0.6 is 0 Å². The van der Waals surface area contributed by atoms with Gasteiger partial charge in [0.25, 0.3) is 11.6 Å². The lowest BCUT2D eigenvalue weighted by atomic mass is 9.91. The first-order chi connectivity index (χ1) is 15.1. The number of hydrogen-bond acceptors (Lipinski definition) is 5. The largest absolute Gasteiger partial charge is 0.322 e. The van der Waals surface area contributed by atoms with Crippen molar-refractivity contribution < 1.29 is 9.72 Å². The summed E-state index contributed by atoms with van der Waals surface area (Å²) in [5.74, 6) is -0.0309. The first kappa shape index (κ1) is 20.7. The number of anilines is 1. The van der Waals surface area contributed by atoms with E-state index in [-0.39, 0.29) is 17.5 Å². The van der Waals surface area contributed by atoms with E-state index in [1.165, 1.54) is 12.1 Å². The van der Waals surface area contributed by atoms with Crippen LogP contribution in [0.1, 0.15) is 47.3 Å². The first-order valence-electron chi connectivity index (χ1n) is 10.5. The predicted molar refractivity (Wildman–Crippen MR) is 119 cm³/mol. The van der Waals surface area contributed by atoms with Crippen LogP contribution in [0, 0.1) is 10.1 Å². The summed E-state index contributed by atoms with van der Waals surface area (Å²) in [5.41, 5.74) is 4.01. The molecule has 1 aromatic heterocycles. The van der Waals surface area contributed by atoms with E-state index in [0.717, 1.165) is 49.3 Å². The maximum absolute atomic E-state index is 13.2. The van der Waals surface area contributed by atoms with Gasteiger partial charge in [-0.1, -0.05) is 19.1 Å². The Morgan fingerprint density at radius 3 is 2.65 bits per heavy atom. The van der Waals surface area contributed by atoms with Crippen molar-refractivity contribution in [2.24, 2.45) is 0 Å². The van der Waals surface area contributed by atoms with Crippen molar-refractivity contribution in [1.82, 2.24) is 15.1 Å². The van der Waals surface area contributed by atoms with E-state index in [4.69, 9.17) is 0 Å². The zero-order valence-electron chi connectivity index (χ0n) is 17.4. The fourth-order valence-corrected chi connectivity index (χ4v) is 4.01. The van der Waals surface area contributed by atoms with Gasteiger partial charge in [-0.2, -0.15) is 5.10 Å². The Kier molecular flexibility index (Phi) is 6.08. The van der Waals surface area contributed by atoms with Crippen LogP contribution in [0.15, 0.2) is 54.7 Å². The van der Waals surface area contributed by atoms with E-state index in [0.29, 0.717) is 11.3 Å². The highest BCUT2D eigenvalue weighted by Gasteiger charge is 2.27. The van der Waals surface area contributed by atoms with Gasteiger partial charge in [-0.25, -0.2) is 4.68 Å². The highest BCUT2D eigenvalue weighted by atomic mass is 16.6. The standard InChI is InChI=1S/C23H25N5O3/c1-2-16-4-3-5-18(14-16)26-23(29)21-15-25-27(22(21)17-10-12-24-13-11-17)19-6-8-20(9-7-19)28(30)31/h3-9,14-15,17,24H,2,10-13H2,1H3,(H,26,29). The maximum Gasteiger partial charge on any atom is 0.269 e. The smallest absolute Gasteiger partial charge is 0.269 e.